The fourth-order valence-corrected chi connectivity index (χ4v) is 5.10. The Kier molecular flexibility index (Phi) is 5.76. The first-order valence-corrected chi connectivity index (χ1v) is 10.4. The summed E-state index contributed by atoms with van der Waals surface area (Å²) in [5.74, 6) is -0.800. The number of hydrogen-bond acceptors (Lipinski definition) is 3. The van der Waals surface area contributed by atoms with Gasteiger partial charge in [0, 0.05) is 36.8 Å². The number of amides is 1. The summed E-state index contributed by atoms with van der Waals surface area (Å²) in [7, 11) is -3.82. The van der Waals surface area contributed by atoms with E-state index in [0.717, 1.165) is 0 Å². The molecule has 9 heteroatoms. The number of piperazine rings is 1. The quantitative estimate of drug-likeness (QED) is 0.747. The summed E-state index contributed by atoms with van der Waals surface area (Å²) in [4.78, 5) is 14.1. The van der Waals surface area contributed by atoms with E-state index in [1.165, 1.54) is 39.5 Å². The fourth-order valence-electron chi connectivity index (χ4n) is 2.94. The molecular weight excluding hydrogens is 414 g/mol. The third-order valence-electron chi connectivity index (χ3n) is 4.47. The highest BCUT2D eigenvalue weighted by Gasteiger charge is 2.32. The van der Waals surface area contributed by atoms with E-state index in [-0.39, 0.29) is 52.6 Å². The molecule has 2 aromatic carbocycles. The molecule has 0 atom stereocenters. The number of halogens is 3. The highest BCUT2D eigenvalue weighted by atomic mass is 35.5. The molecule has 0 saturated carbocycles. The molecule has 1 aliphatic heterocycles. The maximum absolute atomic E-state index is 13.5. The molecule has 1 aliphatic rings. The number of benzene rings is 2. The van der Waals surface area contributed by atoms with E-state index in [1.54, 1.807) is 13.0 Å². The number of sulfonamides is 1. The van der Waals surface area contributed by atoms with Gasteiger partial charge in [0.2, 0.25) is 10.0 Å². The van der Waals surface area contributed by atoms with Crippen molar-refractivity contribution in [2.45, 2.75) is 11.8 Å². The second-order valence-corrected chi connectivity index (χ2v) is 8.98. The molecule has 144 valence electrons. The molecule has 0 spiro atoms. The number of aryl methyl sites for hydroxylation is 1. The highest BCUT2D eigenvalue weighted by Crippen LogP contribution is 2.28. The predicted octanol–water partition coefficient (Wildman–Crippen LogP) is 3.59. The van der Waals surface area contributed by atoms with Crippen molar-refractivity contribution in [3.63, 3.8) is 0 Å². The molecule has 0 aromatic heterocycles. The zero-order chi connectivity index (χ0) is 19.8. The molecule has 2 aromatic rings. The summed E-state index contributed by atoms with van der Waals surface area (Å²) in [5, 5.41) is 0.363. The molecule has 1 amide bonds. The third-order valence-corrected chi connectivity index (χ3v) is 7.08. The van der Waals surface area contributed by atoms with Crippen molar-refractivity contribution in [2.75, 3.05) is 26.2 Å². The molecule has 0 aliphatic carbocycles. The predicted molar refractivity (Wildman–Crippen MR) is 102 cm³/mol. The highest BCUT2D eigenvalue weighted by molar-refractivity contribution is 7.89. The van der Waals surface area contributed by atoms with Gasteiger partial charge in [-0.2, -0.15) is 4.31 Å². The molecule has 0 N–H and O–H groups in total. The van der Waals surface area contributed by atoms with Crippen molar-refractivity contribution in [2.24, 2.45) is 0 Å². The zero-order valence-electron chi connectivity index (χ0n) is 14.5. The molecule has 3 rings (SSSR count). The molecule has 1 saturated heterocycles. The number of rotatable bonds is 3. The minimum Gasteiger partial charge on any atom is -0.336 e. The largest absolute Gasteiger partial charge is 0.336 e. The first-order valence-electron chi connectivity index (χ1n) is 8.21. The van der Waals surface area contributed by atoms with Crippen LogP contribution in [0, 0.1) is 12.7 Å². The first kappa shape index (κ1) is 20.1. The molecular formula is C18H17Cl2FN2O3S. The molecule has 0 unspecified atom stereocenters. The van der Waals surface area contributed by atoms with Gasteiger partial charge >= 0.3 is 0 Å². The van der Waals surface area contributed by atoms with E-state index < -0.39 is 15.8 Å². The number of carbonyl (C=O) groups is 1. The van der Waals surface area contributed by atoms with Gasteiger partial charge in [0.05, 0.1) is 5.02 Å². The Balaban J connectivity index is 1.76. The van der Waals surface area contributed by atoms with Crippen LogP contribution in [0.1, 0.15) is 15.9 Å². The smallest absolute Gasteiger partial charge is 0.254 e. The Bertz CT molecular complexity index is 990. The van der Waals surface area contributed by atoms with Crippen LogP contribution in [0.25, 0.3) is 0 Å². The Labute approximate surface area is 167 Å². The van der Waals surface area contributed by atoms with Gasteiger partial charge in [0.1, 0.15) is 10.7 Å². The minimum absolute atomic E-state index is 0.0579. The van der Waals surface area contributed by atoms with Gasteiger partial charge < -0.3 is 4.90 Å². The van der Waals surface area contributed by atoms with Crippen LogP contribution in [0.2, 0.25) is 10.0 Å². The van der Waals surface area contributed by atoms with Crippen molar-refractivity contribution in [1.82, 2.24) is 9.21 Å². The van der Waals surface area contributed by atoms with Gasteiger partial charge in [-0.25, -0.2) is 12.8 Å². The van der Waals surface area contributed by atoms with Crippen molar-refractivity contribution in [3.05, 3.63) is 63.4 Å². The maximum Gasteiger partial charge on any atom is 0.254 e. The number of nitrogens with zero attached hydrogens (tertiary/aromatic N) is 2. The van der Waals surface area contributed by atoms with Crippen LogP contribution in [0.4, 0.5) is 4.39 Å². The van der Waals surface area contributed by atoms with Gasteiger partial charge in [-0.05, 0) is 42.8 Å². The van der Waals surface area contributed by atoms with E-state index in [0.29, 0.717) is 5.56 Å². The van der Waals surface area contributed by atoms with Crippen LogP contribution < -0.4 is 0 Å². The first-order chi connectivity index (χ1) is 12.7. The van der Waals surface area contributed by atoms with Gasteiger partial charge in [-0.15, -0.1) is 0 Å². The lowest BCUT2D eigenvalue weighted by molar-refractivity contribution is 0.0696. The molecule has 5 nitrogen and oxygen atoms in total. The maximum atomic E-state index is 13.5. The normalized spacial score (nSPS) is 15.8. The number of carbonyl (C=O) groups excluding carboxylic acids is 1. The fraction of sp³-hybridized carbons (Fsp3) is 0.278. The summed E-state index contributed by atoms with van der Waals surface area (Å²) in [6, 6.07) is 8.30. The van der Waals surface area contributed by atoms with Crippen LogP contribution in [-0.4, -0.2) is 49.7 Å². The Hall–Kier alpha value is -1.67. The Morgan fingerprint density at radius 2 is 1.70 bits per heavy atom. The molecule has 0 radical (unpaired) electrons. The van der Waals surface area contributed by atoms with Crippen LogP contribution in [-0.2, 0) is 10.0 Å². The van der Waals surface area contributed by atoms with Gasteiger partial charge in [0.15, 0.2) is 0 Å². The van der Waals surface area contributed by atoms with Crippen LogP contribution in [0.3, 0.4) is 0 Å². The summed E-state index contributed by atoms with van der Waals surface area (Å²) in [6.07, 6.45) is 0. The second-order valence-electron chi connectivity index (χ2n) is 6.23. The van der Waals surface area contributed by atoms with Gasteiger partial charge in [0.25, 0.3) is 5.91 Å². The topological polar surface area (TPSA) is 57.7 Å². The van der Waals surface area contributed by atoms with Crippen molar-refractivity contribution in [1.29, 1.82) is 0 Å². The monoisotopic (exact) mass is 430 g/mol. The lowest BCUT2D eigenvalue weighted by Crippen LogP contribution is -2.50. The van der Waals surface area contributed by atoms with Gasteiger partial charge in [-0.1, -0.05) is 29.3 Å². The number of hydrogen-bond donors (Lipinski definition) is 0. The summed E-state index contributed by atoms with van der Waals surface area (Å²) in [5.41, 5.74) is 0.950. The molecule has 1 fully saturated rings. The standard InChI is InChI=1S/C18H17Cl2FN2O3S/c1-12-2-4-14(21)11-15(12)18(24)22-6-8-23(9-7-22)27(25,26)17-10-13(19)3-5-16(17)20/h2-5,10-11H,6-9H2,1H3. The van der Waals surface area contributed by atoms with Crippen molar-refractivity contribution >= 4 is 39.1 Å². The Morgan fingerprint density at radius 3 is 2.37 bits per heavy atom. The molecule has 1 heterocycles. The summed E-state index contributed by atoms with van der Waals surface area (Å²) < 4.78 is 40.4. The molecule has 27 heavy (non-hydrogen) atoms. The molecule has 0 bridgehead atoms. The van der Waals surface area contributed by atoms with Crippen LogP contribution in [0.15, 0.2) is 41.3 Å². The van der Waals surface area contributed by atoms with Gasteiger partial charge in [-0.3, -0.25) is 4.79 Å². The SMILES string of the molecule is Cc1ccc(F)cc1C(=O)N1CCN(S(=O)(=O)c2cc(Cl)ccc2Cl)CC1. The van der Waals surface area contributed by atoms with Crippen LogP contribution in [0.5, 0.6) is 0 Å². The Morgan fingerprint density at radius 1 is 1.04 bits per heavy atom. The van der Waals surface area contributed by atoms with E-state index in [4.69, 9.17) is 23.2 Å². The summed E-state index contributed by atoms with van der Waals surface area (Å²) >= 11 is 11.9. The third kappa shape index (κ3) is 4.11. The lowest BCUT2D eigenvalue weighted by Gasteiger charge is -2.34. The average molecular weight is 431 g/mol. The van der Waals surface area contributed by atoms with Crippen molar-refractivity contribution in [3.8, 4) is 0 Å². The second kappa shape index (κ2) is 7.75. The van der Waals surface area contributed by atoms with Crippen molar-refractivity contribution < 1.29 is 17.6 Å². The minimum atomic E-state index is -3.82. The lowest BCUT2D eigenvalue weighted by atomic mass is 10.1. The van der Waals surface area contributed by atoms with E-state index in [9.17, 15) is 17.6 Å². The summed E-state index contributed by atoms with van der Waals surface area (Å²) in [6.45, 7) is 2.36. The van der Waals surface area contributed by atoms with E-state index in [2.05, 4.69) is 0 Å². The van der Waals surface area contributed by atoms with E-state index in [1.807, 2.05) is 0 Å². The zero-order valence-corrected chi connectivity index (χ0v) is 16.8. The van der Waals surface area contributed by atoms with Crippen LogP contribution >= 0.6 is 23.2 Å². The van der Waals surface area contributed by atoms with E-state index >= 15 is 0 Å². The average Bonchev–Trinajstić information content (AvgIpc) is 2.65.